The van der Waals surface area contributed by atoms with Crippen LogP contribution in [0.5, 0.6) is 5.75 Å². The quantitative estimate of drug-likeness (QED) is 0.842. The van der Waals surface area contributed by atoms with E-state index in [0.29, 0.717) is 18.6 Å². The van der Waals surface area contributed by atoms with Crippen LogP contribution >= 0.6 is 0 Å². The molecule has 1 saturated heterocycles. The summed E-state index contributed by atoms with van der Waals surface area (Å²) < 4.78 is 5.71. The van der Waals surface area contributed by atoms with Gasteiger partial charge in [0, 0.05) is 68.7 Å². The highest BCUT2D eigenvalue weighted by atomic mass is 16.5. The van der Waals surface area contributed by atoms with E-state index in [9.17, 15) is 9.59 Å². The lowest BCUT2D eigenvalue weighted by atomic mass is 9.97. The maximum absolute atomic E-state index is 13.2. The first kappa shape index (κ1) is 20.2. The molecule has 2 aliphatic rings. The van der Waals surface area contributed by atoms with E-state index < -0.39 is 0 Å². The minimum atomic E-state index is -0.118. The molecule has 1 fully saturated rings. The van der Waals surface area contributed by atoms with Gasteiger partial charge >= 0.3 is 0 Å². The van der Waals surface area contributed by atoms with Crippen LogP contribution < -0.4 is 15.0 Å². The fraction of sp³-hybridized carbons (Fsp3) is 0.435. The summed E-state index contributed by atoms with van der Waals surface area (Å²) in [5.74, 6) is 0.667. The van der Waals surface area contributed by atoms with Crippen molar-refractivity contribution in [3.8, 4) is 5.75 Å². The van der Waals surface area contributed by atoms with E-state index in [1.807, 2.05) is 54.7 Å². The molecule has 0 spiro atoms. The van der Waals surface area contributed by atoms with E-state index in [-0.39, 0.29) is 23.9 Å². The number of aromatic nitrogens is 1. The number of ether oxygens (including phenoxy) is 1. The third-order valence-electron chi connectivity index (χ3n) is 6.03. The third kappa shape index (κ3) is 4.25. The average Bonchev–Trinajstić information content (AvgIpc) is 2.78. The summed E-state index contributed by atoms with van der Waals surface area (Å²) in [6, 6.07) is 9.67. The fourth-order valence-corrected chi connectivity index (χ4v) is 4.36. The SMILES string of the molecule is CC(=O)NC1CCOc2ccc(C(=O)N(C)C3CCN(c4ccncc4)CC3)cc21. The minimum absolute atomic E-state index is 0.00677. The van der Waals surface area contributed by atoms with Gasteiger partial charge < -0.3 is 19.9 Å². The Balaban J connectivity index is 1.44. The van der Waals surface area contributed by atoms with Crippen LogP contribution in [0.1, 0.15) is 48.1 Å². The zero-order valence-electron chi connectivity index (χ0n) is 17.5. The van der Waals surface area contributed by atoms with E-state index in [4.69, 9.17) is 4.74 Å². The number of piperidine rings is 1. The van der Waals surface area contributed by atoms with Crippen LogP contribution in [0.15, 0.2) is 42.7 Å². The maximum Gasteiger partial charge on any atom is 0.253 e. The van der Waals surface area contributed by atoms with Gasteiger partial charge in [0.25, 0.3) is 5.91 Å². The number of nitrogens with zero attached hydrogens (tertiary/aromatic N) is 3. The Bertz CT molecular complexity index is 910. The standard InChI is InChI=1S/C23H28N4O3/c1-16(28)25-21-9-14-30-22-4-3-17(15-20(21)22)23(29)26(2)18-7-12-27(13-8-18)19-5-10-24-11-6-19/h3-6,10-11,15,18,21H,7-9,12-14H2,1-2H3,(H,25,28). The summed E-state index contributed by atoms with van der Waals surface area (Å²) in [7, 11) is 1.89. The van der Waals surface area contributed by atoms with Crippen LogP contribution in [0.2, 0.25) is 0 Å². The Labute approximate surface area is 177 Å². The third-order valence-corrected chi connectivity index (χ3v) is 6.03. The van der Waals surface area contributed by atoms with Gasteiger partial charge in [-0.15, -0.1) is 0 Å². The molecule has 2 aliphatic heterocycles. The molecule has 1 aromatic heterocycles. The average molecular weight is 409 g/mol. The Kier molecular flexibility index (Phi) is 5.88. The molecule has 1 atom stereocenters. The van der Waals surface area contributed by atoms with Crippen molar-refractivity contribution in [2.75, 3.05) is 31.6 Å². The predicted octanol–water partition coefficient (Wildman–Crippen LogP) is 2.78. The van der Waals surface area contributed by atoms with Crippen molar-refractivity contribution in [1.82, 2.24) is 15.2 Å². The summed E-state index contributed by atoms with van der Waals surface area (Å²) >= 11 is 0. The first-order valence-corrected chi connectivity index (χ1v) is 10.5. The Morgan fingerprint density at radius 2 is 1.87 bits per heavy atom. The molecule has 0 aliphatic carbocycles. The van der Waals surface area contributed by atoms with Crippen molar-refractivity contribution in [2.45, 2.75) is 38.3 Å². The summed E-state index contributed by atoms with van der Waals surface area (Å²) in [4.78, 5) is 33.0. The van der Waals surface area contributed by atoms with Crippen LogP contribution in [0.25, 0.3) is 0 Å². The second-order valence-electron chi connectivity index (χ2n) is 7.98. The van der Waals surface area contributed by atoms with Crippen LogP contribution in [-0.2, 0) is 4.79 Å². The van der Waals surface area contributed by atoms with E-state index in [2.05, 4.69) is 15.2 Å². The summed E-state index contributed by atoms with van der Waals surface area (Å²) in [6.45, 7) is 3.89. The lowest BCUT2D eigenvalue weighted by molar-refractivity contribution is -0.119. The van der Waals surface area contributed by atoms with E-state index in [1.54, 1.807) is 0 Å². The van der Waals surface area contributed by atoms with Gasteiger partial charge in [0.05, 0.1) is 12.6 Å². The molecule has 0 saturated carbocycles. The first-order chi connectivity index (χ1) is 14.5. The van der Waals surface area contributed by atoms with Crippen molar-refractivity contribution in [2.24, 2.45) is 0 Å². The highest BCUT2D eigenvalue weighted by Gasteiger charge is 2.28. The number of pyridine rings is 1. The van der Waals surface area contributed by atoms with Crippen LogP contribution in [0.4, 0.5) is 5.69 Å². The lowest BCUT2D eigenvalue weighted by Gasteiger charge is -2.38. The summed E-state index contributed by atoms with van der Waals surface area (Å²) in [5, 5.41) is 2.96. The second-order valence-corrected chi connectivity index (χ2v) is 7.98. The van der Waals surface area contributed by atoms with E-state index in [1.165, 1.54) is 12.6 Å². The molecular weight excluding hydrogens is 380 g/mol. The number of rotatable bonds is 4. The first-order valence-electron chi connectivity index (χ1n) is 10.5. The molecule has 7 nitrogen and oxygen atoms in total. The van der Waals surface area contributed by atoms with Crippen molar-refractivity contribution in [3.05, 3.63) is 53.9 Å². The summed E-state index contributed by atoms with van der Waals surface area (Å²) in [5.41, 5.74) is 2.69. The topological polar surface area (TPSA) is 74.8 Å². The van der Waals surface area contributed by atoms with Crippen LogP contribution in [0.3, 0.4) is 0 Å². The van der Waals surface area contributed by atoms with Crippen molar-refractivity contribution >= 4 is 17.5 Å². The van der Waals surface area contributed by atoms with Gasteiger partial charge in [-0.25, -0.2) is 0 Å². The number of carbonyl (C=O) groups is 2. The molecule has 1 unspecified atom stereocenters. The molecule has 158 valence electrons. The number of fused-ring (bicyclic) bond motifs is 1. The molecular formula is C23H28N4O3. The predicted molar refractivity (Wildman–Crippen MR) is 115 cm³/mol. The molecule has 1 aromatic carbocycles. The molecule has 0 bridgehead atoms. The zero-order chi connectivity index (χ0) is 21.1. The Morgan fingerprint density at radius 1 is 1.13 bits per heavy atom. The van der Waals surface area contributed by atoms with Gasteiger partial charge in [0.15, 0.2) is 0 Å². The van der Waals surface area contributed by atoms with Gasteiger partial charge in [0.1, 0.15) is 5.75 Å². The highest BCUT2D eigenvalue weighted by Crippen LogP contribution is 2.33. The van der Waals surface area contributed by atoms with Gasteiger partial charge in [-0.2, -0.15) is 0 Å². The smallest absolute Gasteiger partial charge is 0.253 e. The number of hydrogen-bond donors (Lipinski definition) is 1. The molecule has 7 heteroatoms. The Morgan fingerprint density at radius 3 is 2.57 bits per heavy atom. The van der Waals surface area contributed by atoms with Crippen LogP contribution in [-0.4, -0.2) is 54.5 Å². The van der Waals surface area contributed by atoms with Gasteiger partial charge in [-0.05, 0) is 43.2 Å². The van der Waals surface area contributed by atoms with E-state index in [0.717, 1.165) is 37.2 Å². The molecule has 30 heavy (non-hydrogen) atoms. The number of anilines is 1. The maximum atomic E-state index is 13.2. The minimum Gasteiger partial charge on any atom is -0.493 e. The molecule has 2 aromatic rings. The number of carbonyl (C=O) groups excluding carboxylic acids is 2. The second kappa shape index (κ2) is 8.73. The number of nitrogens with one attached hydrogen (secondary N) is 1. The Hall–Kier alpha value is -3.09. The van der Waals surface area contributed by atoms with Crippen LogP contribution in [0, 0.1) is 0 Å². The van der Waals surface area contributed by atoms with Gasteiger partial charge in [0.2, 0.25) is 5.91 Å². The molecule has 4 rings (SSSR count). The van der Waals surface area contributed by atoms with Crippen molar-refractivity contribution in [1.29, 1.82) is 0 Å². The van der Waals surface area contributed by atoms with Crippen molar-refractivity contribution in [3.63, 3.8) is 0 Å². The van der Waals surface area contributed by atoms with Gasteiger partial charge in [-0.1, -0.05) is 0 Å². The van der Waals surface area contributed by atoms with Crippen molar-refractivity contribution < 1.29 is 14.3 Å². The monoisotopic (exact) mass is 408 g/mol. The zero-order valence-corrected chi connectivity index (χ0v) is 17.5. The molecule has 2 amide bonds. The number of amides is 2. The largest absolute Gasteiger partial charge is 0.493 e. The van der Waals surface area contributed by atoms with Gasteiger partial charge in [-0.3, -0.25) is 14.6 Å². The number of benzene rings is 1. The normalized spacial score (nSPS) is 18.9. The highest BCUT2D eigenvalue weighted by molar-refractivity contribution is 5.94. The molecule has 0 radical (unpaired) electrons. The summed E-state index contributed by atoms with van der Waals surface area (Å²) in [6.07, 6.45) is 6.17. The van der Waals surface area contributed by atoms with E-state index >= 15 is 0 Å². The lowest BCUT2D eigenvalue weighted by Crippen LogP contribution is -2.45. The number of hydrogen-bond acceptors (Lipinski definition) is 5. The fourth-order valence-electron chi connectivity index (χ4n) is 4.36. The molecule has 3 heterocycles. The molecule has 1 N–H and O–H groups in total.